The van der Waals surface area contributed by atoms with Crippen molar-refractivity contribution < 1.29 is 9.53 Å². The lowest BCUT2D eigenvalue weighted by Crippen LogP contribution is -2.30. The van der Waals surface area contributed by atoms with Crippen LogP contribution in [0.25, 0.3) is 11.1 Å². The average Bonchev–Trinajstić information content (AvgIpc) is 3.18. The van der Waals surface area contributed by atoms with Crippen LogP contribution in [0.5, 0.6) is 0 Å². The smallest absolute Gasteiger partial charge is 0.224 e. The molecule has 25 heavy (non-hydrogen) atoms. The fourth-order valence-corrected chi connectivity index (χ4v) is 3.40. The zero-order valence-electron chi connectivity index (χ0n) is 14.1. The third-order valence-corrected chi connectivity index (χ3v) is 4.81. The number of nitrogens with one attached hydrogen (secondary N) is 1. The van der Waals surface area contributed by atoms with Crippen molar-refractivity contribution in [2.45, 2.75) is 12.5 Å². The number of ether oxygens (including phenoxy) is 1. The van der Waals surface area contributed by atoms with Gasteiger partial charge in [0, 0.05) is 13.7 Å². The quantitative estimate of drug-likeness (QED) is 0.682. The minimum atomic E-state index is -0.101. The van der Waals surface area contributed by atoms with Crippen LogP contribution in [-0.4, -0.2) is 19.6 Å². The fourth-order valence-electron chi connectivity index (χ4n) is 2.70. The van der Waals surface area contributed by atoms with E-state index in [-0.39, 0.29) is 12.0 Å². The van der Waals surface area contributed by atoms with Gasteiger partial charge >= 0.3 is 0 Å². The number of carbonyl (C=O) groups is 1. The first kappa shape index (κ1) is 17.4. The van der Waals surface area contributed by atoms with Gasteiger partial charge in [0.25, 0.3) is 0 Å². The van der Waals surface area contributed by atoms with Gasteiger partial charge in [0.15, 0.2) is 0 Å². The Hall–Kier alpha value is -2.43. The van der Waals surface area contributed by atoms with E-state index in [0.29, 0.717) is 13.0 Å². The molecule has 3 aromatic rings. The zero-order chi connectivity index (χ0) is 17.5. The van der Waals surface area contributed by atoms with Gasteiger partial charge in [-0.2, -0.15) is 11.3 Å². The molecule has 0 saturated carbocycles. The third kappa shape index (κ3) is 4.78. The molecule has 3 nitrogen and oxygen atoms in total. The molecule has 1 aromatic heterocycles. The fraction of sp³-hybridized carbons (Fsp3) is 0.190. The highest BCUT2D eigenvalue weighted by atomic mass is 32.1. The van der Waals surface area contributed by atoms with Crippen molar-refractivity contribution >= 4 is 17.2 Å². The molecule has 1 atom stereocenters. The Morgan fingerprint density at radius 2 is 1.76 bits per heavy atom. The maximum Gasteiger partial charge on any atom is 0.224 e. The van der Waals surface area contributed by atoms with E-state index in [1.807, 2.05) is 47.2 Å². The summed E-state index contributed by atoms with van der Waals surface area (Å²) in [5.74, 6) is 0.00439. The topological polar surface area (TPSA) is 38.3 Å². The first-order chi connectivity index (χ1) is 12.3. The summed E-state index contributed by atoms with van der Waals surface area (Å²) in [5.41, 5.74) is 4.43. The third-order valence-electron chi connectivity index (χ3n) is 4.11. The molecular weight excluding hydrogens is 330 g/mol. The van der Waals surface area contributed by atoms with Crippen LogP contribution in [0.4, 0.5) is 0 Å². The summed E-state index contributed by atoms with van der Waals surface area (Å²) in [4.78, 5) is 12.2. The van der Waals surface area contributed by atoms with Gasteiger partial charge in [0.1, 0.15) is 6.10 Å². The minimum absolute atomic E-state index is 0.00439. The Morgan fingerprint density at radius 3 is 2.40 bits per heavy atom. The number of benzene rings is 2. The Labute approximate surface area is 152 Å². The van der Waals surface area contributed by atoms with Crippen LogP contribution in [0.1, 0.15) is 17.2 Å². The second-order valence-corrected chi connectivity index (χ2v) is 6.60. The molecule has 0 spiro atoms. The van der Waals surface area contributed by atoms with Crippen LogP contribution in [0, 0.1) is 0 Å². The Morgan fingerprint density at radius 1 is 1.04 bits per heavy atom. The van der Waals surface area contributed by atoms with Crippen molar-refractivity contribution in [3.05, 3.63) is 82.6 Å². The van der Waals surface area contributed by atoms with Gasteiger partial charge in [-0.3, -0.25) is 4.79 Å². The predicted molar refractivity (Wildman–Crippen MR) is 103 cm³/mol. The van der Waals surface area contributed by atoms with E-state index in [9.17, 15) is 4.79 Å². The molecule has 128 valence electrons. The average molecular weight is 351 g/mol. The van der Waals surface area contributed by atoms with Crippen LogP contribution in [0.3, 0.4) is 0 Å². The van der Waals surface area contributed by atoms with Crippen molar-refractivity contribution in [1.29, 1.82) is 0 Å². The second-order valence-electron chi connectivity index (χ2n) is 5.82. The number of carbonyl (C=O) groups excluding carboxylic acids is 1. The van der Waals surface area contributed by atoms with Crippen LogP contribution < -0.4 is 5.32 Å². The first-order valence-corrected chi connectivity index (χ1v) is 9.16. The molecule has 0 unspecified atom stereocenters. The summed E-state index contributed by atoms with van der Waals surface area (Å²) >= 11 is 1.63. The van der Waals surface area contributed by atoms with E-state index < -0.39 is 0 Å². The number of hydrogen-bond donors (Lipinski definition) is 1. The molecular formula is C21H21NO2S. The molecule has 0 aliphatic heterocycles. The van der Waals surface area contributed by atoms with E-state index in [1.165, 1.54) is 5.56 Å². The molecule has 0 aliphatic carbocycles. The van der Waals surface area contributed by atoms with Gasteiger partial charge in [0.2, 0.25) is 5.91 Å². The number of rotatable bonds is 7. The van der Waals surface area contributed by atoms with Gasteiger partial charge in [0.05, 0.1) is 6.42 Å². The summed E-state index contributed by atoms with van der Waals surface area (Å²) < 4.78 is 5.45. The van der Waals surface area contributed by atoms with Crippen LogP contribution in [-0.2, 0) is 16.0 Å². The molecule has 1 heterocycles. The summed E-state index contributed by atoms with van der Waals surface area (Å²) in [6, 6.07) is 20.4. The zero-order valence-corrected chi connectivity index (χ0v) is 15.0. The second kappa shape index (κ2) is 8.60. The number of thiophene rings is 1. The van der Waals surface area contributed by atoms with Crippen molar-refractivity contribution in [2.75, 3.05) is 13.7 Å². The van der Waals surface area contributed by atoms with Crippen molar-refractivity contribution in [2.24, 2.45) is 0 Å². The monoisotopic (exact) mass is 351 g/mol. The maximum absolute atomic E-state index is 12.2. The summed E-state index contributed by atoms with van der Waals surface area (Å²) in [6.07, 6.45) is 0.269. The van der Waals surface area contributed by atoms with Crippen LogP contribution in [0.15, 0.2) is 71.4 Å². The number of hydrogen-bond acceptors (Lipinski definition) is 3. The summed E-state index contributed by atoms with van der Waals surface area (Å²) in [5, 5.41) is 7.01. The van der Waals surface area contributed by atoms with Gasteiger partial charge < -0.3 is 10.1 Å². The molecule has 1 amide bonds. The van der Waals surface area contributed by atoms with E-state index in [1.54, 1.807) is 18.4 Å². The molecule has 0 radical (unpaired) electrons. The molecule has 4 heteroatoms. The Kier molecular flexibility index (Phi) is 5.99. The normalized spacial score (nSPS) is 11.9. The van der Waals surface area contributed by atoms with E-state index in [2.05, 4.69) is 29.6 Å². The van der Waals surface area contributed by atoms with Gasteiger partial charge in [-0.15, -0.1) is 0 Å². The first-order valence-electron chi connectivity index (χ1n) is 8.22. The lowest BCUT2D eigenvalue weighted by molar-refractivity contribution is -0.121. The molecule has 0 fully saturated rings. The lowest BCUT2D eigenvalue weighted by atomic mass is 10.0. The van der Waals surface area contributed by atoms with Crippen molar-refractivity contribution in [1.82, 2.24) is 5.32 Å². The molecule has 0 aliphatic rings. The number of methoxy groups -OCH3 is 1. The standard InChI is InChI=1S/C21H21NO2S/c1-24-20(19-11-12-25-15-19)14-22-21(23)13-16-7-9-18(10-8-16)17-5-3-2-4-6-17/h2-12,15,20H,13-14H2,1H3,(H,22,23)/t20-/m0/s1. The van der Waals surface area contributed by atoms with Gasteiger partial charge in [-0.05, 0) is 39.1 Å². The highest BCUT2D eigenvalue weighted by Crippen LogP contribution is 2.20. The Bertz CT molecular complexity index is 783. The van der Waals surface area contributed by atoms with E-state index in [4.69, 9.17) is 4.74 Å². The van der Waals surface area contributed by atoms with E-state index >= 15 is 0 Å². The highest BCUT2D eigenvalue weighted by molar-refractivity contribution is 7.07. The molecule has 0 bridgehead atoms. The molecule has 3 rings (SSSR count). The largest absolute Gasteiger partial charge is 0.375 e. The lowest BCUT2D eigenvalue weighted by Gasteiger charge is -2.15. The van der Waals surface area contributed by atoms with Crippen LogP contribution >= 0.6 is 11.3 Å². The van der Waals surface area contributed by atoms with Crippen molar-refractivity contribution in [3.8, 4) is 11.1 Å². The summed E-state index contributed by atoms with van der Waals surface area (Å²) in [7, 11) is 1.66. The summed E-state index contributed by atoms with van der Waals surface area (Å²) in [6.45, 7) is 0.480. The molecule has 1 N–H and O–H groups in total. The van der Waals surface area contributed by atoms with Gasteiger partial charge in [-0.1, -0.05) is 54.6 Å². The number of amides is 1. The van der Waals surface area contributed by atoms with E-state index in [0.717, 1.165) is 16.7 Å². The maximum atomic E-state index is 12.2. The highest BCUT2D eigenvalue weighted by Gasteiger charge is 2.12. The van der Waals surface area contributed by atoms with Gasteiger partial charge in [-0.25, -0.2) is 0 Å². The predicted octanol–water partition coefficient (Wildman–Crippen LogP) is 4.46. The minimum Gasteiger partial charge on any atom is -0.375 e. The molecule has 0 saturated heterocycles. The van der Waals surface area contributed by atoms with Crippen LogP contribution in [0.2, 0.25) is 0 Å². The molecule has 2 aromatic carbocycles. The Balaban J connectivity index is 1.54. The van der Waals surface area contributed by atoms with Crippen molar-refractivity contribution in [3.63, 3.8) is 0 Å². The SMILES string of the molecule is CO[C@@H](CNC(=O)Cc1ccc(-c2ccccc2)cc1)c1ccsc1.